The summed E-state index contributed by atoms with van der Waals surface area (Å²) in [6, 6.07) is 8.30. The zero-order chi connectivity index (χ0) is 12.3. The van der Waals surface area contributed by atoms with E-state index in [2.05, 4.69) is 32.9 Å². The molecule has 2 nitrogen and oxygen atoms in total. The third-order valence-corrected chi connectivity index (χ3v) is 2.78. The molecule has 90 valence electrons. The molecular formula is C14H23NO. The molecule has 0 fully saturated rings. The molecule has 0 radical (unpaired) electrons. The minimum absolute atomic E-state index is 0.0421. The first kappa shape index (κ1) is 13.0. The van der Waals surface area contributed by atoms with Crippen LogP contribution in [-0.2, 0) is 5.41 Å². The molecule has 1 aromatic rings. The highest BCUT2D eigenvalue weighted by Gasteiger charge is 2.14. The van der Waals surface area contributed by atoms with Crippen LogP contribution in [0, 0.1) is 0 Å². The third kappa shape index (κ3) is 3.53. The standard InChI is InChI=1S/C14H23NO/c1-10(15)11(2)16-13-8-6-12(7-9-13)14(3,4)5/h6-11H,15H2,1-5H3/t10-,11?/m0/s1. The lowest BCUT2D eigenvalue weighted by Crippen LogP contribution is -2.33. The Bertz CT molecular complexity index is 322. The SMILES string of the molecule is CC(Oc1ccc(C(C)(C)C)cc1)[C@H](C)N. The van der Waals surface area contributed by atoms with E-state index in [9.17, 15) is 0 Å². The number of benzene rings is 1. The molecule has 0 aromatic heterocycles. The average molecular weight is 221 g/mol. The molecule has 0 aliphatic carbocycles. The van der Waals surface area contributed by atoms with Gasteiger partial charge in [0.1, 0.15) is 11.9 Å². The zero-order valence-corrected chi connectivity index (χ0v) is 10.9. The van der Waals surface area contributed by atoms with Crippen LogP contribution in [0.1, 0.15) is 40.2 Å². The number of rotatable bonds is 3. The number of ether oxygens (including phenoxy) is 1. The van der Waals surface area contributed by atoms with E-state index >= 15 is 0 Å². The smallest absolute Gasteiger partial charge is 0.119 e. The Labute approximate surface area is 98.8 Å². The van der Waals surface area contributed by atoms with E-state index < -0.39 is 0 Å². The van der Waals surface area contributed by atoms with E-state index in [0.29, 0.717) is 0 Å². The molecule has 2 N–H and O–H groups in total. The number of hydrogen-bond acceptors (Lipinski definition) is 2. The number of hydrogen-bond donors (Lipinski definition) is 1. The molecule has 0 heterocycles. The fourth-order valence-electron chi connectivity index (χ4n) is 1.36. The van der Waals surface area contributed by atoms with Gasteiger partial charge in [-0.05, 0) is 37.0 Å². The van der Waals surface area contributed by atoms with Crippen molar-refractivity contribution in [3.63, 3.8) is 0 Å². The molecule has 1 aromatic carbocycles. The van der Waals surface area contributed by atoms with Gasteiger partial charge < -0.3 is 10.5 Å². The second-order valence-corrected chi connectivity index (χ2v) is 5.46. The molecule has 16 heavy (non-hydrogen) atoms. The normalized spacial score (nSPS) is 15.6. The van der Waals surface area contributed by atoms with Crippen molar-refractivity contribution in [2.75, 3.05) is 0 Å². The van der Waals surface area contributed by atoms with Crippen LogP contribution in [0.25, 0.3) is 0 Å². The molecule has 0 bridgehead atoms. The second kappa shape index (κ2) is 4.88. The van der Waals surface area contributed by atoms with Gasteiger partial charge in [0.05, 0.1) is 0 Å². The van der Waals surface area contributed by atoms with E-state index in [-0.39, 0.29) is 17.6 Å². The van der Waals surface area contributed by atoms with Gasteiger partial charge in [0.15, 0.2) is 0 Å². The summed E-state index contributed by atoms with van der Waals surface area (Å²) in [6.07, 6.45) is 0.0421. The molecule has 0 spiro atoms. The zero-order valence-electron chi connectivity index (χ0n) is 10.9. The second-order valence-electron chi connectivity index (χ2n) is 5.46. The van der Waals surface area contributed by atoms with Crippen molar-refractivity contribution < 1.29 is 4.74 Å². The van der Waals surface area contributed by atoms with Crippen LogP contribution in [0.15, 0.2) is 24.3 Å². The Morgan fingerprint density at radius 2 is 1.56 bits per heavy atom. The molecule has 1 rings (SSSR count). The molecule has 1 unspecified atom stereocenters. The summed E-state index contributed by atoms with van der Waals surface area (Å²) in [7, 11) is 0. The van der Waals surface area contributed by atoms with Crippen molar-refractivity contribution in [1.29, 1.82) is 0 Å². The van der Waals surface area contributed by atoms with Gasteiger partial charge in [0.25, 0.3) is 0 Å². The van der Waals surface area contributed by atoms with E-state index in [0.717, 1.165) is 5.75 Å². The Morgan fingerprint density at radius 1 is 1.06 bits per heavy atom. The number of nitrogens with two attached hydrogens (primary N) is 1. The van der Waals surface area contributed by atoms with Gasteiger partial charge in [0, 0.05) is 6.04 Å². The molecule has 2 heteroatoms. The average Bonchev–Trinajstić information content (AvgIpc) is 2.17. The highest BCUT2D eigenvalue weighted by atomic mass is 16.5. The first-order valence-corrected chi connectivity index (χ1v) is 5.83. The maximum Gasteiger partial charge on any atom is 0.119 e. The van der Waals surface area contributed by atoms with Crippen molar-refractivity contribution in [3.8, 4) is 5.75 Å². The van der Waals surface area contributed by atoms with Crippen LogP contribution >= 0.6 is 0 Å². The van der Waals surface area contributed by atoms with Gasteiger partial charge in [-0.15, -0.1) is 0 Å². The predicted molar refractivity (Wildman–Crippen MR) is 68.9 cm³/mol. The van der Waals surface area contributed by atoms with Crippen LogP contribution < -0.4 is 10.5 Å². The lowest BCUT2D eigenvalue weighted by atomic mass is 9.87. The summed E-state index contributed by atoms with van der Waals surface area (Å²) in [4.78, 5) is 0. The quantitative estimate of drug-likeness (QED) is 0.851. The maximum atomic E-state index is 5.76. The highest BCUT2D eigenvalue weighted by molar-refractivity contribution is 5.31. The Kier molecular flexibility index (Phi) is 3.98. The van der Waals surface area contributed by atoms with Gasteiger partial charge in [0.2, 0.25) is 0 Å². The van der Waals surface area contributed by atoms with Crippen molar-refractivity contribution in [2.24, 2.45) is 5.73 Å². The summed E-state index contributed by atoms with van der Waals surface area (Å²) >= 11 is 0. The summed E-state index contributed by atoms with van der Waals surface area (Å²) in [6.45, 7) is 10.5. The minimum Gasteiger partial charge on any atom is -0.489 e. The van der Waals surface area contributed by atoms with Crippen LogP contribution in [0.5, 0.6) is 5.75 Å². The lowest BCUT2D eigenvalue weighted by Gasteiger charge is -2.21. The monoisotopic (exact) mass is 221 g/mol. The first-order chi connectivity index (χ1) is 7.30. The Hall–Kier alpha value is -1.02. The lowest BCUT2D eigenvalue weighted by molar-refractivity contribution is 0.196. The maximum absolute atomic E-state index is 5.76. The largest absolute Gasteiger partial charge is 0.489 e. The van der Waals surface area contributed by atoms with Crippen LogP contribution in [0.4, 0.5) is 0 Å². The van der Waals surface area contributed by atoms with E-state index in [4.69, 9.17) is 10.5 Å². The van der Waals surface area contributed by atoms with E-state index in [1.807, 2.05) is 26.0 Å². The van der Waals surface area contributed by atoms with Gasteiger partial charge >= 0.3 is 0 Å². The fourth-order valence-corrected chi connectivity index (χ4v) is 1.36. The first-order valence-electron chi connectivity index (χ1n) is 5.83. The fraction of sp³-hybridized carbons (Fsp3) is 0.571. The third-order valence-electron chi connectivity index (χ3n) is 2.78. The molecule has 2 atom stereocenters. The van der Waals surface area contributed by atoms with Gasteiger partial charge in [-0.1, -0.05) is 32.9 Å². The predicted octanol–water partition coefficient (Wildman–Crippen LogP) is 3.10. The van der Waals surface area contributed by atoms with Crippen LogP contribution in [-0.4, -0.2) is 12.1 Å². The summed E-state index contributed by atoms with van der Waals surface area (Å²) in [5.41, 5.74) is 7.26. The van der Waals surface area contributed by atoms with E-state index in [1.54, 1.807) is 0 Å². The minimum atomic E-state index is 0.0421. The summed E-state index contributed by atoms with van der Waals surface area (Å²) in [5.74, 6) is 0.887. The van der Waals surface area contributed by atoms with Gasteiger partial charge in [-0.2, -0.15) is 0 Å². The molecule has 0 saturated carbocycles. The molecule has 0 saturated heterocycles. The Balaban J connectivity index is 2.72. The van der Waals surface area contributed by atoms with E-state index in [1.165, 1.54) is 5.56 Å². The van der Waals surface area contributed by atoms with Crippen molar-refractivity contribution in [1.82, 2.24) is 0 Å². The molecule has 0 aliphatic heterocycles. The van der Waals surface area contributed by atoms with Gasteiger partial charge in [-0.3, -0.25) is 0 Å². The molecule has 0 aliphatic rings. The highest BCUT2D eigenvalue weighted by Crippen LogP contribution is 2.24. The summed E-state index contributed by atoms with van der Waals surface area (Å²) in [5, 5.41) is 0. The van der Waals surface area contributed by atoms with Crippen molar-refractivity contribution in [3.05, 3.63) is 29.8 Å². The van der Waals surface area contributed by atoms with Crippen LogP contribution in [0.3, 0.4) is 0 Å². The topological polar surface area (TPSA) is 35.2 Å². The van der Waals surface area contributed by atoms with Crippen molar-refractivity contribution in [2.45, 2.75) is 52.2 Å². The molecule has 0 amide bonds. The Morgan fingerprint density at radius 3 is 1.94 bits per heavy atom. The van der Waals surface area contributed by atoms with Gasteiger partial charge in [-0.25, -0.2) is 0 Å². The van der Waals surface area contributed by atoms with Crippen molar-refractivity contribution >= 4 is 0 Å². The molecular weight excluding hydrogens is 198 g/mol. The summed E-state index contributed by atoms with van der Waals surface area (Å²) < 4.78 is 5.72. The van der Waals surface area contributed by atoms with Crippen LogP contribution in [0.2, 0.25) is 0 Å².